The molecule has 0 saturated carbocycles. The summed E-state index contributed by atoms with van der Waals surface area (Å²) in [5, 5.41) is 0. The third-order valence-electron chi connectivity index (χ3n) is 12.4. The molecular weight excluding hydrogens is 665 g/mol. The highest BCUT2D eigenvalue weighted by Gasteiger charge is 2.15. The van der Waals surface area contributed by atoms with Gasteiger partial charge in [-0.3, -0.25) is 4.79 Å². The van der Waals surface area contributed by atoms with Gasteiger partial charge in [0.05, 0.1) is 6.61 Å². The van der Waals surface area contributed by atoms with Gasteiger partial charge in [0.25, 0.3) is 0 Å². The minimum atomic E-state index is -0.253. The smallest absolute Gasteiger partial charge is 0.302 e. The first-order valence-electron chi connectivity index (χ1n) is 24.0. The third-order valence-corrected chi connectivity index (χ3v) is 12.4. The Bertz CT molecular complexity index is 810. The average molecular weight is 765 g/mol. The summed E-state index contributed by atoms with van der Waals surface area (Å²) < 4.78 is 17.6. The van der Waals surface area contributed by atoms with Crippen LogP contribution in [-0.2, 0) is 19.0 Å². The predicted octanol–water partition coefficient (Wildman–Crippen LogP) is 15.7. The summed E-state index contributed by atoms with van der Waals surface area (Å²) in [6.07, 6.45) is 30.8. The second-order valence-corrected chi connectivity index (χ2v) is 20.0. The van der Waals surface area contributed by atoms with E-state index >= 15 is 0 Å². The lowest BCUT2D eigenvalue weighted by Gasteiger charge is -2.20. The molecule has 0 rings (SSSR count). The molecule has 0 aliphatic rings. The van der Waals surface area contributed by atoms with Crippen LogP contribution in [0.3, 0.4) is 0 Å². The zero-order valence-electron chi connectivity index (χ0n) is 39.0. The molecule has 0 fully saturated rings. The first kappa shape index (κ1) is 53.4. The fraction of sp³-hybridized carbons (Fsp3) is 0.980. The maximum Gasteiger partial charge on any atom is 0.302 e. The lowest BCUT2D eigenvalue weighted by molar-refractivity contribution is -0.147. The van der Waals surface area contributed by atoms with Crippen LogP contribution in [0.25, 0.3) is 0 Å². The van der Waals surface area contributed by atoms with E-state index in [0.717, 1.165) is 60.9 Å². The summed E-state index contributed by atoms with van der Waals surface area (Å²) in [4.78, 5) is 11.5. The molecule has 0 N–H and O–H groups in total. The fourth-order valence-electron chi connectivity index (χ4n) is 8.12. The topological polar surface area (TPSA) is 44.8 Å². The number of hydrogen-bond acceptors (Lipinski definition) is 4. The Morgan fingerprint density at radius 3 is 0.944 bits per heavy atom. The van der Waals surface area contributed by atoms with Crippen LogP contribution in [0.1, 0.15) is 231 Å². The Morgan fingerprint density at radius 2 is 0.648 bits per heavy atom. The van der Waals surface area contributed by atoms with Crippen LogP contribution >= 0.6 is 0 Å². The number of hydrogen-bond donors (Lipinski definition) is 0. The van der Waals surface area contributed by atoms with Gasteiger partial charge in [0.1, 0.15) is 12.7 Å². The second kappa shape index (κ2) is 35.5. The fourth-order valence-corrected chi connectivity index (χ4v) is 8.12. The predicted molar refractivity (Wildman–Crippen MR) is 237 cm³/mol. The van der Waals surface area contributed by atoms with Gasteiger partial charge in [0.2, 0.25) is 0 Å². The lowest BCUT2D eigenvalue weighted by Crippen LogP contribution is -2.28. The van der Waals surface area contributed by atoms with E-state index in [-0.39, 0.29) is 18.7 Å². The van der Waals surface area contributed by atoms with Gasteiger partial charge in [-0.2, -0.15) is 0 Å². The summed E-state index contributed by atoms with van der Waals surface area (Å²) in [5.41, 5.74) is 0. The molecule has 0 aromatic carbocycles. The van der Waals surface area contributed by atoms with Crippen LogP contribution in [0.4, 0.5) is 0 Å². The number of rotatable bonds is 39. The molecule has 0 aliphatic heterocycles. The Labute approximate surface area is 340 Å². The zero-order valence-corrected chi connectivity index (χ0v) is 39.0. The van der Waals surface area contributed by atoms with Crippen LogP contribution in [0.2, 0.25) is 0 Å². The van der Waals surface area contributed by atoms with Crippen molar-refractivity contribution in [3.8, 4) is 0 Å². The molecule has 0 amide bonds. The van der Waals surface area contributed by atoms with E-state index < -0.39 is 0 Å². The standard InChI is InChI=1S/C50H100O4/c1-40(2)20-13-22-42(5)24-15-26-44(7)28-17-29-46(9)31-19-33-48(11)35-37-53-50(39-54-49(12)51)38-52-36-34-47(10)32-18-30-45(8)27-16-25-43(6)23-14-21-41(3)4/h40-48,50H,13-39H2,1-12H3/t42-,43-,44?,45-,46-,47-,48-,50-/m1/s1. The van der Waals surface area contributed by atoms with E-state index in [1.807, 2.05) is 0 Å². The molecule has 54 heavy (non-hydrogen) atoms. The van der Waals surface area contributed by atoms with Crippen LogP contribution in [-0.4, -0.2) is 38.5 Å². The van der Waals surface area contributed by atoms with Crippen molar-refractivity contribution >= 4 is 5.97 Å². The number of carbonyl (C=O) groups is 1. The van der Waals surface area contributed by atoms with Crippen molar-refractivity contribution in [2.24, 2.45) is 53.3 Å². The minimum absolute atomic E-state index is 0.185. The van der Waals surface area contributed by atoms with Crippen molar-refractivity contribution in [3.05, 3.63) is 0 Å². The summed E-state index contributed by atoms with van der Waals surface area (Å²) in [5.74, 6) is 7.08. The Hall–Kier alpha value is -0.610. The van der Waals surface area contributed by atoms with E-state index in [0.29, 0.717) is 25.0 Å². The first-order valence-corrected chi connectivity index (χ1v) is 24.0. The highest BCUT2D eigenvalue weighted by molar-refractivity contribution is 5.65. The summed E-state index contributed by atoms with van der Waals surface area (Å²) in [7, 11) is 0. The highest BCUT2D eigenvalue weighted by atomic mass is 16.6. The van der Waals surface area contributed by atoms with Gasteiger partial charge in [-0.25, -0.2) is 0 Å². The van der Waals surface area contributed by atoms with Crippen molar-refractivity contribution in [2.75, 3.05) is 26.4 Å². The van der Waals surface area contributed by atoms with Gasteiger partial charge in [0.15, 0.2) is 0 Å². The molecule has 8 atom stereocenters. The molecule has 324 valence electrons. The molecule has 1 unspecified atom stereocenters. The summed E-state index contributed by atoms with van der Waals surface area (Å²) >= 11 is 0. The molecule has 0 spiro atoms. The molecule has 0 saturated heterocycles. The molecule has 4 heteroatoms. The van der Waals surface area contributed by atoms with Gasteiger partial charge < -0.3 is 14.2 Å². The van der Waals surface area contributed by atoms with Gasteiger partial charge in [-0.1, -0.05) is 211 Å². The molecule has 4 nitrogen and oxygen atoms in total. The van der Waals surface area contributed by atoms with E-state index in [1.54, 1.807) is 0 Å². The Kier molecular flexibility index (Phi) is 35.1. The van der Waals surface area contributed by atoms with Gasteiger partial charge >= 0.3 is 5.97 Å². The molecule has 0 aromatic rings. The van der Waals surface area contributed by atoms with Crippen molar-refractivity contribution in [1.29, 1.82) is 0 Å². The molecule has 0 radical (unpaired) electrons. The maximum absolute atomic E-state index is 11.5. The minimum Gasteiger partial charge on any atom is -0.463 e. The third kappa shape index (κ3) is 37.0. The van der Waals surface area contributed by atoms with Crippen LogP contribution in [0.5, 0.6) is 0 Å². The van der Waals surface area contributed by atoms with Crippen LogP contribution in [0.15, 0.2) is 0 Å². The SMILES string of the molecule is CC(=O)OC[C@@H](COCC[C@H](C)CCC[C@H](C)CCC[C@H](C)CCCC(C)C)OCC[C@H](C)CCC[C@H](C)CCCC(C)CCC[C@H](C)CCCC(C)C. The van der Waals surface area contributed by atoms with E-state index in [1.165, 1.54) is 142 Å². The van der Waals surface area contributed by atoms with Crippen molar-refractivity contribution < 1.29 is 19.0 Å². The monoisotopic (exact) mass is 765 g/mol. The van der Waals surface area contributed by atoms with E-state index in [4.69, 9.17) is 14.2 Å². The molecular formula is C50H100O4. The average Bonchev–Trinajstić information content (AvgIpc) is 3.08. The van der Waals surface area contributed by atoms with Crippen molar-refractivity contribution in [2.45, 2.75) is 237 Å². The van der Waals surface area contributed by atoms with Gasteiger partial charge in [-0.15, -0.1) is 0 Å². The van der Waals surface area contributed by atoms with E-state index in [9.17, 15) is 4.79 Å². The zero-order chi connectivity index (χ0) is 40.6. The molecule has 0 aromatic heterocycles. The normalized spacial score (nSPS) is 16.6. The van der Waals surface area contributed by atoms with Crippen LogP contribution in [0, 0.1) is 53.3 Å². The lowest BCUT2D eigenvalue weighted by atomic mass is 9.90. The molecule has 0 aliphatic carbocycles. The van der Waals surface area contributed by atoms with Gasteiger partial charge in [0, 0.05) is 20.1 Å². The maximum atomic E-state index is 11.5. The first-order chi connectivity index (χ1) is 25.7. The molecule has 0 bridgehead atoms. The van der Waals surface area contributed by atoms with Crippen molar-refractivity contribution in [1.82, 2.24) is 0 Å². The largest absolute Gasteiger partial charge is 0.463 e. The van der Waals surface area contributed by atoms with Crippen LogP contribution < -0.4 is 0 Å². The summed E-state index contributed by atoms with van der Waals surface area (Å²) in [6.45, 7) is 30.1. The van der Waals surface area contributed by atoms with Gasteiger partial charge in [-0.05, 0) is 66.1 Å². The number of carbonyl (C=O) groups excluding carboxylic acids is 1. The van der Waals surface area contributed by atoms with Crippen molar-refractivity contribution in [3.63, 3.8) is 0 Å². The second-order valence-electron chi connectivity index (χ2n) is 20.0. The quantitative estimate of drug-likeness (QED) is 0.0462. The molecule has 0 heterocycles. The Balaban J connectivity index is 4.05. The van der Waals surface area contributed by atoms with E-state index in [2.05, 4.69) is 76.2 Å². The highest BCUT2D eigenvalue weighted by Crippen LogP contribution is 2.25. The Morgan fingerprint density at radius 1 is 0.370 bits per heavy atom. The summed E-state index contributed by atoms with van der Waals surface area (Å²) in [6, 6.07) is 0. The number of ether oxygens (including phenoxy) is 3. The number of esters is 1.